The number of aliphatic hydroxyl groups is 1. The number of halogens is 1. The summed E-state index contributed by atoms with van der Waals surface area (Å²) in [7, 11) is 0. The van der Waals surface area contributed by atoms with E-state index in [0.717, 1.165) is 13.1 Å². The van der Waals surface area contributed by atoms with Gasteiger partial charge in [0.1, 0.15) is 5.82 Å². The van der Waals surface area contributed by atoms with Crippen molar-refractivity contribution in [3.8, 4) is 0 Å². The minimum atomic E-state index is -0.738. The van der Waals surface area contributed by atoms with E-state index < -0.39 is 23.5 Å². The van der Waals surface area contributed by atoms with Gasteiger partial charge in [-0.15, -0.1) is 11.3 Å². The van der Waals surface area contributed by atoms with Crippen molar-refractivity contribution in [1.29, 1.82) is 0 Å². The van der Waals surface area contributed by atoms with E-state index in [1.165, 1.54) is 28.4 Å². The largest absolute Gasteiger partial charge is 0.503 e. The quantitative estimate of drug-likeness (QED) is 0.682. The molecule has 3 rings (SSSR count). The summed E-state index contributed by atoms with van der Waals surface area (Å²) in [5.41, 5.74) is 0.650. The van der Waals surface area contributed by atoms with Crippen molar-refractivity contribution in [2.75, 3.05) is 26.2 Å². The van der Waals surface area contributed by atoms with Gasteiger partial charge < -0.3 is 14.9 Å². The van der Waals surface area contributed by atoms with E-state index in [-0.39, 0.29) is 11.4 Å². The molecule has 0 saturated heterocycles. The van der Waals surface area contributed by atoms with Gasteiger partial charge >= 0.3 is 0 Å². The number of rotatable bonds is 8. The third-order valence-electron chi connectivity index (χ3n) is 5.03. The van der Waals surface area contributed by atoms with Gasteiger partial charge in [-0.05, 0) is 42.2 Å². The lowest BCUT2D eigenvalue weighted by Gasteiger charge is -2.29. The summed E-state index contributed by atoms with van der Waals surface area (Å²) in [6, 6.07) is 8.37. The van der Waals surface area contributed by atoms with Crippen molar-refractivity contribution < 1.29 is 19.1 Å². The van der Waals surface area contributed by atoms with Gasteiger partial charge in [-0.1, -0.05) is 32.0 Å². The molecule has 2 aromatic rings. The fourth-order valence-corrected chi connectivity index (χ4v) is 4.12. The summed E-state index contributed by atoms with van der Waals surface area (Å²) in [5.74, 6) is -1.86. The Hall–Kier alpha value is -2.51. The average Bonchev–Trinajstić information content (AvgIpc) is 3.32. The van der Waals surface area contributed by atoms with Gasteiger partial charge in [-0.25, -0.2) is 4.39 Å². The third kappa shape index (κ3) is 3.86. The Bertz CT molecular complexity index is 874. The standard InChI is InChI=1S/C21H23FN2O3S/c1-3-23(4-2)11-12-24-18(14-7-9-15(22)10-8-14)17(20(26)21(24)27)19(25)16-6-5-13-28-16/h5-10,13,18,26H,3-4,11-12H2,1-2H3/t18-/m0/s1. The van der Waals surface area contributed by atoms with Crippen molar-refractivity contribution in [2.45, 2.75) is 19.9 Å². The maximum absolute atomic E-state index is 13.4. The second-order valence-corrected chi connectivity index (χ2v) is 7.50. The number of Topliss-reactive ketones (excluding diaryl/α,β-unsaturated/α-hetero) is 1. The smallest absolute Gasteiger partial charge is 0.290 e. The van der Waals surface area contributed by atoms with E-state index in [4.69, 9.17) is 0 Å². The van der Waals surface area contributed by atoms with Crippen molar-refractivity contribution in [3.63, 3.8) is 0 Å². The predicted molar refractivity (Wildman–Crippen MR) is 107 cm³/mol. The first kappa shape index (κ1) is 20.2. The molecule has 0 aliphatic carbocycles. The number of hydrogen-bond donors (Lipinski definition) is 1. The highest BCUT2D eigenvalue weighted by molar-refractivity contribution is 7.12. The van der Waals surface area contributed by atoms with E-state index in [1.54, 1.807) is 29.6 Å². The van der Waals surface area contributed by atoms with Crippen molar-refractivity contribution in [3.05, 3.63) is 69.4 Å². The molecule has 0 unspecified atom stereocenters. The summed E-state index contributed by atoms with van der Waals surface area (Å²) in [6.07, 6.45) is 0. The minimum absolute atomic E-state index is 0.0543. The van der Waals surface area contributed by atoms with Gasteiger partial charge in [0.2, 0.25) is 5.78 Å². The van der Waals surface area contributed by atoms with E-state index in [0.29, 0.717) is 23.5 Å². The monoisotopic (exact) mass is 402 g/mol. The molecule has 1 atom stereocenters. The highest BCUT2D eigenvalue weighted by atomic mass is 32.1. The Morgan fingerprint density at radius 2 is 1.89 bits per heavy atom. The molecular formula is C21H23FN2O3S. The molecule has 5 nitrogen and oxygen atoms in total. The van der Waals surface area contributed by atoms with Crippen LogP contribution < -0.4 is 0 Å². The Balaban J connectivity index is 1.99. The molecule has 148 valence electrons. The van der Waals surface area contributed by atoms with Gasteiger partial charge in [0, 0.05) is 13.1 Å². The molecule has 1 aromatic carbocycles. The number of aliphatic hydroxyl groups excluding tert-OH is 1. The molecule has 0 radical (unpaired) electrons. The van der Waals surface area contributed by atoms with Crippen LogP contribution >= 0.6 is 11.3 Å². The Labute approximate surface area is 167 Å². The fraction of sp³-hybridized carbons (Fsp3) is 0.333. The first-order valence-electron chi connectivity index (χ1n) is 9.28. The van der Waals surface area contributed by atoms with E-state index in [2.05, 4.69) is 4.90 Å². The normalized spacial score (nSPS) is 17.1. The van der Waals surface area contributed by atoms with Crippen LogP contribution in [0.3, 0.4) is 0 Å². The average molecular weight is 402 g/mol. The van der Waals surface area contributed by atoms with Crippen LogP contribution in [0.2, 0.25) is 0 Å². The van der Waals surface area contributed by atoms with E-state index >= 15 is 0 Å². The maximum atomic E-state index is 13.4. The van der Waals surface area contributed by atoms with Crippen LogP contribution in [0.5, 0.6) is 0 Å². The number of nitrogens with zero attached hydrogens (tertiary/aromatic N) is 2. The molecule has 1 N–H and O–H groups in total. The summed E-state index contributed by atoms with van der Waals surface area (Å²) < 4.78 is 13.4. The van der Waals surface area contributed by atoms with Gasteiger partial charge in [-0.3, -0.25) is 9.59 Å². The lowest BCUT2D eigenvalue weighted by atomic mass is 9.95. The number of hydrogen-bond acceptors (Lipinski definition) is 5. The first-order chi connectivity index (χ1) is 13.5. The summed E-state index contributed by atoms with van der Waals surface area (Å²) in [5, 5.41) is 12.3. The topological polar surface area (TPSA) is 60.9 Å². The van der Waals surface area contributed by atoms with Crippen LogP contribution in [0, 0.1) is 5.82 Å². The Morgan fingerprint density at radius 1 is 1.21 bits per heavy atom. The Morgan fingerprint density at radius 3 is 2.46 bits per heavy atom. The molecule has 0 bridgehead atoms. The third-order valence-corrected chi connectivity index (χ3v) is 5.90. The first-order valence-corrected chi connectivity index (χ1v) is 10.2. The second kappa shape index (κ2) is 8.67. The van der Waals surface area contributed by atoms with E-state index in [1.807, 2.05) is 13.8 Å². The number of thiophene rings is 1. The highest BCUT2D eigenvalue weighted by Gasteiger charge is 2.43. The molecule has 7 heteroatoms. The van der Waals surface area contributed by atoms with Crippen LogP contribution in [-0.2, 0) is 4.79 Å². The van der Waals surface area contributed by atoms with Gasteiger partial charge in [-0.2, -0.15) is 0 Å². The molecule has 1 aromatic heterocycles. The number of ketones is 1. The SMILES string of the molecule is CCN(CC)CCN1C(=O)C(O)=C(C(=O)c2cccs2)[C@@H]1c1ccc(F)cc1. The van der Waals surface area contributed by atoms with Crippen LogP contribution in [-0.4, -0.2) is 52.8 Å². The van der Waals surface area contributed by atoms with Crippen LogP contribution in [0.15, 0.2) is 53.1 Å². The molecule has 1 aliphatic rings. The number of likely N-dealkylation sites (N-methyl/N-ethyl adjacent to an activating group) is 1. The van der Waals surface area contributed by atoms with Crippen molar-refractivity contribution >= 4 is 23.0 Å². The summed E-state index contributed by atoms with van der Waals surface area (Å²) >= 11 is 1.25. The lowest BCUT2D eigenvalue weighted by molar-refractivity contribution is -0.129. The molecular weight excluding hydrogens is 379 g/mol. The zero-order valence-corrected chi connectivity index (χ0v) is 16.7. The summed E-state index contributed by atoms with van der Waals surface area (Å²) in [4.78, 5) is 30.0. The van der Waals surface area contributed by atoms with Crippen LogP contribution in [0.25, 0.3) is 0 Å². The number of carbonyl (C=O) groups excluding carboxylic acids is 2. The second-order valence-electron chi connectivity index (χ2n) is 6.55. The molecule has 1 amide bonds. The van der Waals surface area contributed by atoms with Gasteiger partial charge in [0.05, 0.1) is 16.5 Å². The fourth-order valence-electron chi connectivity index (χ4n) is 3.44. The molecule has 0 fully saturated rings. The summed E-state index contributed by atoms with van der Waals surface area (Å²) in [6.45, 7) is 6.71. The van der Waals surface area contributed by atoms with Crippen LogP contribution in [0.4, 0.5) is 4.39 Å². The maximum Gasteiger partial charge on any atom is 0.290 e. The van der Waals surface area contributed by atoms with Crippen molar-refractivity contribution in [1.82, 2.24) is 9.80 Å². The van der Waals surface area contributed by atoms with Gasteiger partial charge in [0.15, 0.2) is 5.76 Å². The van der Waals surface area contributed by atoms with Crippen molar-refractivity contribution in [2.24, 2.45) is 0 Å². The molecule has 2 heterocycles. The highest BCUT2D eigenvalue weighted by Crippen LogP contribution is 2.39. The molecule has 0 spiro atoms. The zero-order chi connectivity index (χ0) is 20.3. The zero-order valence-electron chi connectivity index (χ0n) is 15.9. The molecule has 28 heavy (non-hydrogen) atoms. The molecule has 0 saturated carbocycles. The molecule has 1 aliphatic heterocycles. The van der Waals surface area contributed by atoms with E-state index in [9.17, 15) is 19.1 Å². The number of benzene rings is 1. The lowest BCUT2D eigenvalue weighted by Crippen LogP contribution is -2.38. The minimum Gasteiger partial charge on any atom is -0.503 e. The number of carbonyl (C=O) groups is 2. The Kier molecular flexibility index (Phi) is 6.26. The predicted octanol–water partition coefficient (Wildman–Crippen LogP) is 3.81. The van der Waals surface area contributed by atoms with Gasteiger partial charge in [0.25, 0.3) is 5.91 Å². The van der Waals surface area contributed by atoms with Crippen LogP contribution in [0.1, 0.15) is 35.1 Å². The number of amides is 1.